The van der Waals surface area contributed by atoms with Crippen molar-refractivity contribution < 1.29 is 28.6 Å². The average Bonchev–Trinajstić information content (AvgIpc) is 3.19. The van der Waals surface area contributed by atoms with Crippen LogP contribution in [-0.2, 0) is 28.6 Å². The molecule has 2 atom stereocenters. The lowest BCUT2D eigenvalue weighted by molar-refractivity contribution is -0.167. The third-order valence-electron chi connectivity index (χ3n) is 12.0. The van der Waals surface area contributed by atoms with E-state index in [4.69, 9.17) is 14.2 Å². The Morgan fingerprint density at radius 2 is 0.603 bits per heavy atom. The molecule has 0 N–H and O–H groups in total. The summed E-state index contributed by atoms with van der Waals surface area (Å²) in [5.41, 5.74) is 0. The second kappa shape index (κ2) is 43.5. The highest BCUT2D eigenvalue weighted by Gasteiger charge is 2.19. The van der Waals surface area contributed by atoms with Crippen molar-refractivity contribution in [2.24, 2.45) is 17.8 Å². The third-order valence-corrected chi connectivity index (χ3v) is 12.0. The monoisotopic (exact) mass is 821 g/mol. The topological polar surface area (TPSA) is 78.9 Å². The fourth-order valence-electron chi connectivity index (χ4n) is 7.73. The standard InChI is InChI=1S/C52H100O6/c1-7-48(6)40-34-28-21-17-12-10-8-9-11-13-19-23-31-37-43-52(55)58-49(45-57-51(54)42-36-30-25-24-27-33-39-47(4)5)44-56-50(53)41-35-29-22-18-15-14-16-20-26-32-38-46(2)3/h46-49H,7-45H2,1-6H3/t48?,49-/m0/s1. The first kappa shape index (κ1) is 56.4. The minimum absolute atomic E-state index is 0.0657. The summed E-state index contributed by atoms with van der Waals surface area (Å²) in [6, 6.07) is 0. The smallest absolute Gasteiger partial charge is 0.306 e. The van der Waals surface area contributed by atoms with Crippen LogP contribution < -0.4 is 0 Å². The largest absolute Gasteiger partial charge is 0.462 e. The van der Waals surface area contributed by atoms with Crippen LogP contribution in [0.5, 0.6) is 0 Å². The van der Waals surface area contributed by atoms with E-state index in [2.05, 4.69) is 41.5 Å². The molecule has 1 unspecified atom stereocenters. The van der Waals surface area contributed by atoms with Crippen LogP contribution in [0.1, 0.15) is 279 Å². The number of hydrogen-bond acceptors (Lipinski definition) is 6. The fraction of sp³-hybridized carbons (Fsp3) is 0.942. The number of esters is 3. The molecule has 0 heterocycles. The Bertz CT molecular complexity index is 900. The zero-order valence-corrected chi connectivity index (χ0v) is 39.8. The van der Waals surface area contributed by atoms with Gasteiger partial charge in [-0.3, -0.25) is 14.4 Å². The van der Waals surface area contributed by atoms with Crippen molar-refractivity contribution >= 4 is 17.9 Å². The lowest BCUT2D eigenvalue weighted by atomic mass is 9.99. The van der Waals surface area contributed by atoms with Crippen LogP contribution in [0.15, 0.2) is 0 Å². The zero-order valence-electron chi connectivity index (χ0n) is 39.8. The molecule has 0 rings (SSSR count). The van der Waals surface area contributed by atoms with Crippen molar-refractivity contribution in [1.82, 2.24) is 0 Å². The van der Waals surface area contributed by atoms with Crippen LogP contribution in [0.4, 0.5) is 0 Å². The summed E-state index contributed by atoms with van der Waals surface area (Å²) in [7, 11) is 0. The molecule has 0 saturated carbocycles. The van der Waals surface area contributed by atoms with Crippen LogP contribution >= 0.6 is 0 Å². The van der Waals surface area contributed by atoms with E-state index in [9.17, 15) is 14.4 Å². The number of carbonyl (C=O) groups excluding carboxylic acids is 3. The van der Waals surface area contributed by atoms with E-state index in [0.717, 1.165) is 75.5 Å². The Morgan fingerprint density at radius 1 is 0.345 bits per heavy atom. The van der Waals surface area contributed by atoms with Crippen molar-refractivity contribution in [2.75, 3.05) is 13.2 Å². The van der Waals surface area contributed by atoms with Gasteiger partial charge in [-0.05, 0) is 37.0 Å². The SMILES string of the molecule is CCC(C)CCCCCCCCCCCCCCCCC(=O)O[C@@H](COC(=O)CCCCCCCCCCCCC(C)C)COC(=O)CCCCCCCCC(C)C. The minimum Gasteiger partial charge on any atom is -0.462 e. The highest BCUT2D eigenvalue weighted by Crippen LogP contribution is 2.18. The maximum Gasteiger partial charge on any atom is 0.306 e. The molecule has 0 aromatic heterocycles. The molecule has 344 valence electrons. The van der Waals surface area contributed by atoms with E-state index in [1.165, 1.54) is 161 Å². The van der Waals surface area contributed by atoms with Crippen LogP contribution in [0.25, 0.3) is 0 Å². The number of carbonyl (C=O) groups is 3. The molecule has 0 saturated heterocycles. The minimum atomic E-state index is -0.763. The number of ether oxygens (including phenoxy) is 3. The van der Waals surface area contributed by atoms with Crippen molar-refractivity contribution in [2.45, 2.75) is 285 Å². The van der Waals surface area contributed by atoms with Crippen LogP contribution in [-0.4, -0.2) is 37.2 Å². The first-order valence-electron chi connectivity index (χ1n) is 25.6. The van der Waals surface area contributed by atoms with E-state index < -0.39 is 6.10 Å². The lowest BCUT2D eigenvalue weighted by Gasteiger charge is -2.18. The molecule has 0 aliphatic carbocycles. The highest BCUT2D eigenvalue weighted by atomic mass is 16.6. The van der Waals surface area contributed by atoms with E-state index in [-0.39, 0.29) is 31.1 Å². The Hall–Kier alpha value is -1.59. The second-order valence-electron chi connectivity index (χ2n) is 19.0. The van der Waals surface area contributed by atoms with Gasteiger partial charge in [0.25, 0.3) is 0 Å². The van der Waals surface area contributed by atoms with Crippen LogP contribution in [0, 0.1) is 17.8 Å². The lowest BCUT2D eigenvalue weighted by Crippen LogP contribution is -2.30. The normalized spacial score (nSPS) is 12.6. The molecule has 0 aromatic rings. The van der Waals surface area contributed by atoms with Crippen LogP contribution in [0.3, 0.4) is 0 Å². The summed E-state index contributed by atoms with van der Waals surface area (Å²) in [5.74, 6) is 1.62. The van der Waals surface area contributed by atoms with Gasteiger partial charge in [-0.2, -0.15) is 0 Å². The molecule has 58 heavy (non-hydrogen) atoms. The Labute approximate surface area is 361 Å². The van der Waals surface area contributed by atoms with E-state index in [1.807, 2.05) is 0 Å². The predicted octanol–water partition coefficient (Wildman–Crippen LogP) is 16.4. The van der Waals surface area contributed by atoms with Gasteiger partial charge >= 0.3 is 17.9 Å². The van der Waals surface area contributed by atoms with Gasteiger partial charge in [-0.1, -0.05) is 241 Å². The van der Waals surface area contributed by atoms with Gasteiger partial charge < -0.3 is 14.2 Å². The third kappa shape index (κ3) is 44.0. The Kier molecular flexibility index (Phi) is 42.3. The van der Waals surface area contributed by atoms with Crippen molar-refractivity contribution in [3.05, 3.63) is 0 Å². The molecular weight excluding hydrogens is 721 g/mol. The number of rotatable bonds is 45. The summed E-state index contributed by atoms with van der Waals surface area (Å²) in [6.45, 7) is 13.7. The predicted molar refractivity (Wildman–Crippen MR) is 247 cm³/mol. The molecule has 6 heteroatoms. The van der Waals surface area contributed by atoms with Gasteiger partial charge in [-0.25, -0.2) is 0 Å². The maximum absolute atomic E-state index is 12.8. The first-order chi connectivity index (χ1) is 28.1. The molecule has 0 radical (unpaired) electrons. The first-order valence-corrected chi connectivity index (χ1v) is 25.6. The molecule has 0 bridgehead atoms. The quantitative estimate of drug-likeness (QED) is 0.0346. The molecule has 0 aliphatic rings. The summed E-state index contributed by atoms with van der Waals surface area (Å²) in [4.78, 5) is 37.9. The van der Waals surface area contributed by atoms with E-state index >= 15 is 0 Å². The molecule has 0 fully saturated rings. The summed E-state index contributed by atoms with van der Waals surface area (Å²) >= 11 is 0. The summed E-state index contributed by atoms with van der Waals surface area (Å²) < 4.78 is 16.8. The summed E-state index contributed by atoms with van der Waals surface area (Å²) in [5, 5.41) is 0. The van der Waals surface area contributed by atoms with Gasteiger partial charge in [0.2, 0.25) is 0 Å². The van der Waals surface area contributed by atoms with Crippen LogP contribution in [0.2, 0.25) is 0 Å². The van der Waals surface area contributed by atoms with Gasteiger partial charge in [0.1, 0.15) is 13.2 Å². The molecule has 6 nitrogen and oxygen atoms in total. The summed E-state index contributed by atoms with van der Waals surface area (Å²) in [6.07, 6.45) is 42.4. The molecule has 0 aromatic carbocycles. The molecule has 0 amide bonds. The Balaban J connectivity index is 4.27. The molecule has 0 spiro atoms. The van der Waals surface area contributed by atoms with Gasteiger partial charge in [0.05, 0.1) is 0 Å². The fourth-order valence-corrected chi connectivity index (χ4v) is 7.73. The average molecular weight is 821 g/mol. The molecule has 0 aliphatic heterocycles. The zero-order chi connectivity index (χ0) is 42.7. The number of unbranched alkanes of at least 4 members (excludes halogenated alkanes) is 27. The Morgan fingerprint density at radius 3 is 0.897 bits per heavy atom. The second-order valence-corrected chi connectivity index (χ2v) is 19.0. The van der Waals surface area contributed by atoms with Gasteiger partial charge in [-0.15, -0.1) is 0 Å². The van der Waals surface area contributed by atoms with Gasteiger partial charge in [0.15, 0.2) is 6.10 Å². The van der Waals surface area contributed by atoms with E-state index in [1.54, 1.807) is 0 Å². The highest BCUT2D eigenvalue weighted by molar-refractivity contribution is 5.71. The van der Waals surface area contributed by atoms with Crippen molar-refractivity contribution in [1.29, 1.82) is 0 Å². The van der Waals surface area contributed by atoms with Gasteiger partial charge in [0, 0.05) is 19.3 Å². The van der Waals surface area contributed by atoms with Crippen molar-refractivity contribution in [3.63, 3.8) is 0 Å². The maximum atomic E-state index is 12.8. The number of hydrogen-bond donors (Lipinski definition) is 0. The van der Waals surface area contributed by atoms with Crippen molar-refractivity contribution in [3.8, 4) is 0 Å². The molecular formula is C52H100O6. The van der Waals surface area contributed by atoms with E-state index in [0.29, 0.717) is 19.3 Å².